The molecule has 0 aliphatic heterocycles. The van der Waals surface area contributed by atoms with Crippen molar-refractivity contribution in [1.82, 2.24) is 9.97 Å². The van der Waals surface area contributed by atoms with Gasteiger partial charge in [-0.15, -0.1) is 0 Å². The SMILES string of the molecule is CCCOCCc1nc2ccccc2[nH]1. The van der Waals surface area contributed by atoms with Crippen molar-refractivity contribution >= 4 is 11.0 Å². The fourth-order valence-electron chi connectivity index (χ4n) is 1.54. The molecule has 15 heavy (non-hydrogen) atoms. The van der Waals surface area contributed by atoms with Crippen LogP contribution in [0.15, 0.2) is 24.3 Å². The summed E-state index contributed by atoms with van der Waals surface area (Å²) in [6.45, 7) is 3.69. The lowest BCUT2D eigenvalue weighted by Gasteiger charge is -1.98. The Hall–Kier alpha value is -1.35. The van der Waals surface area contributed by atoms with Crippen LogP contribution in [0.3, 0.4) is 0 Å². The Bertz CT molecular complexity index is 389. The molecular weight excluding hydrogens is 188 g/mol. The highest BCUT2D eigenvalue weighted by Crippen LogP contribution is 2.10. The van der Waals surface area contributed by atoms with Crippen LogP contribution in [0.4, 0.5) is 0 Å². The first-order valence-electron chi connectivity index (χ1n) is 5.41. The molecule has 3 nitrogen and oxygen atoms in total. The fraction of sp³-hybridized carbons (Fsp3) is 0.417. The summed E-state index contributed by atoms with van der Waals surface area (Å²) in [4.78, 5) is 7.76. The van der Waals surface area contributed by atoms with Crippen LogP contribution in [-0.4, -0.2) is 23.2 Å². The highest BCUT2D eigenvalue weighted by molar-refractivity contribution is 5.74. The van der Waals surface area contributed by atoms with Crippen LogP contribution >= 0.6 is 0 Å². The van der Waals surface area contributed by atoms with Gasteiger partial charge in [0, 0.05) is 13.0 Å². The van der Waals surface area contributed by atoms with E-state index in [9.17, 15) is 0 Å². The molecule has 0 aliphatic carbocycles. The normalized spacial score (nSPS) is 11.0. The number of hydrogen-bond acceptors (Lipinski definition) is 2. The van der Waals surface area contributed by atoms with Gasteiger partial charge in [-0.3, -0.25) is 0 Å². The monoisotopic (exact) mass is 204 g/mol. The minimum atomic E-state index is 0.744. The number of rotatable bonds is 5. The highest BCUT2D eigenvalue weighted by Gasteiger charge is 2.00. The van der Waals surface area contributed by atoms with E-state index in [1.54, 1.807) is 0 Å². The third-order valence-corrected chi connectivity index (χ3v) is 2.27. The lowest BCUT2D eigenvalue weighted by Crippen LogP contribution is -2.00. The van der Waals surface area contributed by atoms with E-state index in [1.807, 2.05) is 24.3 Å². The number of benzene rings is 1. The number of nitrogens with zero attached hydrogens (tertiary/aromatic N) is 1. The van der Waals surface area contributed by atoms with E-state index < -0.39 is 0 Å². The Morgan fingerprint density at radius 1 is 1.27 bits per heavy atom. The van der Waals surface area contributed by atoms with E-state index in [0.717, 1.165) is 42.9 Å². The van der Waals surface area contributed by atoms with Crippen molar-refractivity contribution < 1.29 is 4.74 Å². The van der Waals surface area contributed by atoms with Crippen molar-refractivity contribution in [3.8, 4) is 0 Å². The van der Waals surface area contributed by atoms with Crippen molar-refractivity contribution in [1.29, 1.82) is 0 Å². The Kier molecular flexibility index (Phi) is 3.35. The molecule has 80 valence electrons. The number of aromatic nitrogens is 2. The maximum absolute atomic E-state index is 5.42. The van der Waals surface area contributed by atoms with Gasteiger partial charge in [-0.1, -0.05) is 19.1 Å². The Morgan fingerprint density at radius 3 is 2.93 bits per heavy atom. The molecule has 1 aromatic carbocycles. The van der Waals surface area contributed by atoms with Gasteiger partial charge in [-0.05, 0) is 18.6 Å². The molecule has 0 saturated heterocycles. The predicted molar refractivity (Wildman–Crippen MR) is 60.9 cm³/mol. The maximum Gasteiger partial charge on any atom is 0.109 e. The topological polar surface area (TPSA) is 37.9 Å². The Morgan fingerprint density at radius 2 is 2.13 bits per heavy atom. The van der Waals surface area contributed by atoms with E-state index in [1.165, 1.54) is 0 Å². The smallest absolute Gasteiger partial charge is 0.109 e. The van der Waals surface area contributed by atoms with E-state index in [2.05, 4.69) is 16.9 Å². The minimum absolute atomic E-state index is 0.744. The molecule has 1 heterocycles. The van der Waals surface area contributed by atoms with Crippen LogP contribution in [0.25, 0.3) is 11.0 Å². The van der Waals surface area contributed by atoms with Crippen LogP contribution in [0.1, 0.15) is 19.2 Å². The largest absolute Gasteiger partial charge is 0.381 e. The lowest BCUT2D eigenvalue weighted by atomic mass is 10.3. The number of nitrogens with one attached hydrogen (secondary N) is 1. The molecule has 1 aromatic heterocycles. The molecule has 0 amide bonds. The van der Waals surface area contributed by atoms with Gasteiger partial charge < -0.3 is 9.72 Å². The summed E-state index contributed by atoms with van der Waals surface area (Å²) in [5, 5.41) is 0. The summed E-state index contributed by atoms with van der Waals surface area (Å²) in [5.74, 6) is 1.01. The Balaban J connectivity index is 1.97. The first-order chi connectivity index (χ1) is 7.40. The molecule has 0 fully saturated rings. The second-order valence-corrected chi connectivity index (χ2v) is 3.56. The molecule has 2 rings (SSSR count). The van der Waals surface area contributed by atoms with Gasteiger partial charge in [0.1, 0.15) is 5.82 Å². The van der Waals surface area contributed by atoms with Gasteiger partial charge in [-0.25, -0.2) is 4.98 Å². The number of ether oxygens (including phenoxy) is 1. The molecule has 0 unspecified atom stereocenters. The third-order valence-electron chi connectivity index (χ3n) is 2.27. The third kappa shape index (κ3) is 2.57. The average molecular weight is 204 g/mol. The van der Waals surface area contributed by atoms with Crippen LogP contribution in [0.5, 0.6) is 0 Å². The molecule has 0 spiro atoms. The second kappa shape index (κ2) is 4.94. The van der Waals surface area contributed by atoms with Gasteiger partial charge in [-0.2, -0.15) is 0 Å². The number of imidazole rings is 1. The molecule has 1 N–H and O–H groups in total. The summed E-state index contributed by atoms with van der Waals surface area (Å²) in [6, 6.07) is 8.07. The van der Waals surface area contributed by atoms with Gasteiger partial charge in [0.15, 0.2) is 0 Å². The van der Waals surface area contributed by atoms with Gasteiger partial charge in [0.2, 0.25) is 0 Å². The second-order valence-electron chi connectivity index (χ2n) is 3.56. The van der Waals surface area contributed by atoms with E-state index >= 15 is 0 Å². The summed E-state index contributed by atoms with van der Waals surface area (Å²) in [6.07, 6.45) is 1.93. The summed E-state index contributed by atoms with van der Waals surface area (Å²) >= 11 is 0. The number of hydrogen-bond donors (Lipinski definition) is 1. The van der Waals surface area contributed by atoms with Crippen molar-refractivity contribution in [3.63, 3.8) is 0 Å². The first-order valence-corrected chi connectivity index (χ1v) is 5.41. The number of aromatic amines is 1. The van der Waals surface area contributed by atoms with Crippen molar-refractivity contribution in [2.45, 2.75) is 19.8 Å². The van der Waals surface area contributed by atoms with Crippen molar-refractivity contribution in [3.05, 3.63) is 30.1 Å². The molecule has 2 aromatic rings. The number of para-hydroxylation sites is 2. The van der Waals surface area contributed by atoms with Crippen LogP contribution in [0.2, 0.25) is 0 Å². The quantitative estimate of drug-likeness (QED) is 0.760. The number of H-pyrrole nitrogens is 1. The molecule has 0 bridgehead atoms. The van der Waals surface area contributed by atoms with Crippen molar-refractivity contribution in [2.24, 2.45) is 0 Å². The van der Waals surface area contributed by atoms with Gasteiger partial charge >= 0.3 is 0 Å². The molecule has 3 heteroatoms. The van der Waals surface area contributed by atoms with E-state index in [4.69, 9.17) is 4.74 Å². The van der Waals surface area contributed by atoms with Gasteiger partial charge in [0.05, 0.1) is 17.6 Å². The average Bonchev–Trinajstić information content (AvgIpc) is 2.67. The van der Waals surface area contributed by atoms with E-state index in [-0.39, 0.29) is 0 Å². The fourth-order valence-corrected chi connectivity index (χ4v) is 1.54. The first kappa shape index (κ1) is 10.2. The molecule has 0 aliphatic rings. The lowest BCUT2D eigenvalue weighted by molar-refractivity contribution is 0.137. The minimum Gasteiger partial charge on any atom is -0.381 e. The molecule has 0 atom stereocenters. The predicted octanol–water partition coefficient (Wildman–Crippen LogP) is 2.53. The molecule has 0 saturated carbocycles. The molecular formula is C12H16N2O. The number of fused-ring (bicyclic) bond motifs is 1. The standard InChI is InChI=1S/C12H16N2O/c1-2-8-15-9-7-12-13-10-5-3-4-6-11(10)14-12/h3-6H,2,7-9H2,1H3,(H,13,14). The van der Waals surface area contributed by atoms with E-state index in [0.29, 0.717) is 0 Å². The Labute approximate surface area is 89.5 Å². The zero-order valence-electron chi connectivity index (χ0n) is 8.99. The van der Waals surface area contributed by atoms with Crippen LogP contribution in [-0.2, 0) is 11.2 Å². The summed E-state index contributed by atoms with van der Waals surface area (Å²) < 4.78 is 5.42. The zero-order chi connectivity index (χ0) is 10.5. The maximum atomic E-state index is 5.42. The van der Waals surface area contributed by atoms with Gasteiger partial charge in [0.25, 0.3) is 0 Å². The summed E-state index contributed by atoms with van der Waals surface area (Å²) in [5.41, 5.74) is 2.13. The summed E-state index contributed by atoms with van der Waals surface area (Å²) in [7, 11) is 0. The zero-order valence-corrected chi connectivity index (χ0v) is 8.99. The molecule has 0 radical (unpaired) electrons. The highest BCUT2D eigenvalue weighted by atomic mass is 16.5. The van der Waals surface area contributed by atoms with Crippen LogP contribution in [0, 0.1) is 0 Å². The van der Waals surface area contributed by atoms with Crippen molar-refractivity contribution in [2.75, 3.05) is 13.2 Å². The van der Waals surface area contributed by atoms with Crippen LogP contribution < -0.4 is 0 Å².